The van der Waals surface area contributed by atoms with E-state index in [9.17, 15) is 13.2 Å². The molecule has 2 fully saturated rings. The van der Waals surface area contributed by atoms with E-state index in [1.165, 1.54) is 18.3 Å². The van der Waals surface area contributed by atoms with Crippen LogP contribution < -0.4 is 5.73 Å². The highest BCUT2D eigenvalue weighted by Gasteiger charge is 2.45. The third kappa shape index (κ3) is 2.64. The van der Waals surface area contributed by atoms with Gasteiger partial charge in [0, 0.05) is 19.1 Å². The van der Waals surface area contributed by atoms with Crippen molar-refractivity contribution in [2.45, 2.75) is 37.5 Å². The molecular formula is C12H22N2O4S. The van der Waals surface area contributed by atoms with Crippen molar-refractivity contribution in [1.82, 2.24) is 4.31 Å². The molecule has 6 nitrogen and oxygen atoms in total. The number of esters is 1. The molecule has 4 unspecified atom stereocenters. The van der Waals surface area contributed by atoms with Crippen LogP contribution in [0, 0.1) is 11.8 Å². The summed E-state index contributed by atoms with van der Waals surface area (Å²) in [7, 11) is -2.43. The molecule has 110 valence electrons. The number of rotatable bonds is 3. The van der Waals surface area contributed by atoms with Gasteiger partial charge in [-0.3, -0.25) is 4.79 Å². The van der Waals surface area contributed by atoms with Crippen LogP contribution in [0.15, 0.2) is 0 Å². The van der Waals surface area contributed by atoms with Gasteiger partial charge in [-0.2, -0.15) is 0 Å². The summed E-state index contributed by atoms with van der Waals surface area (Å²) in [6, 6.07) is 0.0763. The standard InChI is InChI=1S/C12H22N2O4S/c1-8(12(15)18-2)19(16,17)14-6-9-4-3-5-11(13)10(9)7-14/h8-11H,3-7,13H2,1-2H3. The average molecular weight is 290 g/mol. The number of methoxy groups -OCH3 is 1. The van der Waals surface area contributed by atoms with E-state index in [-0.39, 0.29) is 12.0 Å². The van der Waals surface area contributed by atoms with Crippen LogP contribution in [0.3, 0.4) is 0 Å². The molecule has 0 amide bonds. The second-order valence-corrected chi connectivity index (χ2v) is 7.80. The van der Waals surface area contributed by atoms with E-state index in [1.807, 2.05) is 0 Å². The lowest BCUT2D eigenvalue weighted by Gasteiger charge is -2.29. The first kappa shape index (κ1) is 14.7. The van der Waals surface area contributed by atoms with Crippen molar-refractivity contribution in [1.29, 1.82) is 0 Å². The molecule has 0 aromatic heterocycles. The third-order valence-electron chi connectivity index (χ3n) is 4.46. The Bertz CT molecular complexity index is 451. The monoisotopic (exact) mass is 290 g/mol. The second-order valence-electron chi connectivity index (χ2n) is 5.55. The van der Waals surface area contributed by atoms with Crippen LogP contribution in [0.5, 0.6) is 0 Å². The predicted molar refractivity (Wildman–Crippen MR) is 70.8 cm³/mol. The van der Waals surface area contributed by atoms with E-state index < -0.39 is 21.2 Å². The predicted octanol–water partition coefficient (Wildman–Crippen LogP) is -0.0631. The molecule has 1 aliphatic heterocycles. The van der Waals surface area contributed by atoms with Gasteiger partial charge < -0.3 is 10.5 Å². The summed E-state index contributed by atoms with van der Waals surface area (Å²) in [5.41, 5.74) is 6.07. The number of hydrogen-bond acceptors (Lipinski definition) is 5. The zero-order chi connectivity index (χ0) is 14.2. The summed E-state index contributed by atoms with van der Waals surface area (Å²) in [4.78, 5) is 11.4. The Labute approximate surface area is 114 Å². The highest BCUT2D eigenvalue weighted by molar-refractivity contribution is 7.90. The van der Waals surface area contributed by atoms with E-state index in [4.69, 9.17) is 5.73 Å². The fourth-order valence-electron chi connectivity index (χ4n) is 3.19. The molecule has 0 spiro atoms. The van der Waals surface area contributed by atoms with Crippen LogP contribution in [0.25, 0.3) is 0 Å². The van der Waals surface area contributed by atoms with Gasteiger partial charge in [-0.15, -0.1) is 0 Å². The maximum absolute atomic E-state index is 12.4. The van der Waals surface area contributed by atoms with Gasteiger partial charge in [0.2, 0.25) is 10.0 Å². The van der Waals surface area contributed by atoms with Crippen molar-refractivity contribution in [3.63, 3.8) is 0 Å². The number of sulfonamides is 1. The van der Waals surface area contributed by atoms with Gasteiger partial charge in [-0.05, 0) is 31.6 Å². The van der Waals surface area contributed by atoms with E-state index in [1.54, 1.807) is 0 Å². The molecule has 1 heterocycles. The number of hydrogen-bond donors (Lipinski definition) is 1. The summed E-state index contributed by atoms with van der Waals surface area (Å²) >= 11 is 0. The molecule has 2 N–H and O–H groups in total. The number of ether oxygens (including phenoxy) is 1. The normalized spacial score (nSPS) is 33.7. The lowest BCUT2D eigenvalue weighted by molar-refractivity contribution is -0.139. The molecule has 2 rings (SSSR count). The molecule has 0 radical (unpaired) electrons. The zero-order valence-corrected chi connectivity index (χ0v) is 12.2. The molecule has 0 aromatic rings. The first-order valence-electron chi connectivity index (χ1n) is 6.70. The van der Waals surface area contributed by atoms with Gasteiger partial charge in [-0.25, -0.2) is 12.7 Å². The topological polar surface area (TPSA) is 89.7 Å². The van der Waals surface area contributed by atoms with Crippen molar-refractivity contribution < 1.29 is 17.9 Å². The lowest BCUT2D eigenvalue weighted by Crippen LogP contribution is -2.41. The smallest absolute Gasteiger partial charge is 0.325 e. The summed E-state index contributed by atoms with van der Waals surface area (Å²) in [5.74, 6) is -0.143. The zero-order valence-electron chi connectivity index (χ0n) is 11.4. The Kier molecular flexibility index (Phi) is 4.17. The molecule has 0 aromatic carbocycles. The number of carbonyl (C=O) groups excluding carboxylic acids is 1. The van der Waals surface area contributed by atoms with Crippen molar-refractivity contribution in [3.05, 3.63) is 0 Å². The minimum absolute atomic E-state index is 0.0763. The number of nitrogens with two attached hydrogens (primary N) is 1. The Morgan fingerprint density at radius 2 is 2.05 bits per heavy atom. The highest BCUT2D eigenvalue weighted by Crippen LogP contribution is 2.37. The van der Waals surface area contributed by atoms with Gasteiger partial charge >= 0.3 is 5.97 Å². The van der Waals surface area contributed by atoms with Crippen LogP contribution in [-0.2, 0) is 19.6 Å². The van der Waals surface area contributed by atoms with Crippen molar-refractivity contribution in [3.8, 4) is 0 Å². The quantitative estimate of drug-likeness (QED) is 0.735. The fourth-order valence-corrected chi connectivity index (χ4v) is 4.76. The highest BCUT2D eigenvalue weighted by atomic mass is 32.2. The van der Waals surface area contributed by atoms with Crippen molar-refractivity contribution in [2.24, 2.45) is 17.6 Å². The number of carbonyl (C=O) groups is 1. The first-order valence-corrected chi connectivity index (χ1v) is 8.20. The van der Waals surface area contributed by atoms with Crippen LogP contribution >= 0.6 is 0 Å². The summed E-state index contributed by atoms with van der Waals surface area (Å²) in [5, 5.41) is -1.14. The molecule has 1 saturated heterocycles. The van der Waals surface area contributed by atoms with Gasteiger partial charge in [0.1, 0.15) is 0 Å². The SMILES string of the molecule is COC(=O)C(C)S(=O)(=O)N1CC2CCCC(N)C2C1. The van der Waals surface area contributed by atoms with Crippen LogP contribution in [-0.4, -0.2) is 50.2 Å². The molecular weight excluding hydrogens is 268 g/mol. The van der Waals surface area contributed by atoms with E-state index in [2.05, 4.69) is 4.74 Å². The van der Waals surface area contributed by atoms with Crippen molar-refractivity contribution in [2.75, 3.05) is 20.2 Å². The molecule has 0 bridgehead atoms. The number of fused-ring (bicyclic) bond motifs is 1. The Hall–Kier alpha value is -0.660. The summed E-state index contributed by atoms with van der Waals surface area (Å²) < 4.78 is 30.7. The molecule has 4 atom stereocenters. The van der Waals surface area contributed by atoms with E-state index in [0.717, 1.165) is 19.3 Å². The number of nitrogens with zero attached hydrogens (tertiary/aromatic N) is 1. The maximum Gasteiger partial charge on any atom is 0.325 e. The van der Waals surface area contributed by atoms with Crippen molar-refractivity contribution >= 4 is 16.0 Å². The summed E-state index contributed by atoms with van der Waals surface area (Å²) in [6.07, 6.45) is 3.04. The van der Waals surface area contributed by atoms with E-state index >= 15 is 0 Å². The van der Waals surface area contributed by atoms with E-state index in [0.29, 0.717) is 19.0 Å². The third-order valence-corrected chi connectivity index (χ3v) is 6.56. The largest absolute Gasteiger partial charge is 0.468 e. The second kappa shape index (κ2) is 5.38. The van der Waals surface area contributed by atoms with Crippen LogP contribution in [0.4, 0.5) is 0 Å². The maximum atomic E-state index is 12.4. The summed E-state index contributed by atoms with van der Waals surface area (Å²) in [6.45, 7) is 2.31. The Morgan fingerprint density at radius 3 is 2.63 bits per heavy atom. The fraction of sp³-hybridized carbons (Fsp3) is 0.917. The van der Waals surface area contributed by atoms with Crippen LogP contribution in [0.1, 0.15) is 26.2 Å². The minimum Gasteiger partial charge on any atom is -0.468 e. The average Bonchev–Trinajstić information content (AvgIpc) is 2.83. The van der Waals surface area contributed by atoms with Gasteiger partial charge in [0.15, 0.2) is 5.25 Å². The molecule has 1 saturated carbocycles. The van der Waals surface area contributed by atoms with Crippen LogP contribution in [0.2, 0.25) is 0 Å². The Balaban J connectivity index is 2.13. The molecule has 7 heteroatoms. The molecule has 1 aliphatic carbocycles. The van der Waals surface area contributed by atoms with Gasteiger partial charge in [0.25, 0.3) is 0 Å². The lowest BCUT2D eigenvalue weighted by atomic mass is 9.78. The van der Waals surface area contributed by atoms with Gasteiger partial charge in [-0.1, -0.05) is 6.42 Å². The molecule has 19 heavy (non-hydrogen) atoms. The minimum atomic E-state index is -3.63. The molecule has 2 aliphatic rings. The van der Waals surface area contributed by atoms with Gasteiger partial charge in [0.05, 0.1) is 7.11 Å². The first-order chi connectivity index (χ1) is 8.87. The Morgan fingerprint density at radius 1 is 1.37 bits per heavy atom.